The molecule has 0 atom stereocenters. The molecule has 0 unspecified atom stereocenters. The molecular formula is C19H23ClN6O4. The number of nitrogen functional groups attached to an aromatic ring is 1. The lowest BCUT2D eigenvalue weighted by molar-refractivity contribution is -0.672. The first kappa shape index (κ1) is 21.3. The van der Waals surface area contributed by atoms with Crippen LogP contribution in [0.4, 0.5) is 5.95 Å². The van der Waals surface area contributed by atoms with Crippen molar-refractivity contribution < 1.29 is 26.4 Å². The molecule has 0 aliphatic carbocycles. The molecule has 0 amide bonds. The van der Waals surface area contributed by atoms with Gasteiger partial charge in [-0.15, -0.1) is 0 Å². The number of imidazole rings is 1. The lowest BCUT2D eigenvalue weighted by atomic mass is 10.2. The lowest BCUT2D eigenvalue weighted by Gasteiger charge is -2.02. The zero-order valence-electron chi connectivity index (χ0n) is 16.6. The summed E-state index contributed by atoms with van der Waals surface area (Å²) in [5.74, 6) is 1.97. The number of halogens is 1. The van der Waals surface area contributed by atoms with Crippen LogP contribution in [-0.4, -0.2) is 26.1 Å². The number of ether oxygens (including phenoxy) is 2. The van der Waals surface area contributed by atoms with Crippen molar-refractivity contribution in [2.45, 2.75) is 33.5 Å². The Morgan fingerprint density at radius 1 is 1.30 bits per heavy atom. The fourth-order valence-electron chi connectivity index (χ4n) is 3.33. The largest absolute Gasteiger partial charge is 1.00 e. The van der Waals surface area contributed by atoms with Crippen LogP contribution in [-0.2, 0) is 19.6 Å². The van der Waals surface area contributed by atoms with Crippen LogP contribution >= 0.6 is 0 Å². The summed E-state index contributed by atoms with van der Waals surface area (Å²) in [6, 6.07) is 5.78. The van der Waals surface area contributed by atoms with Gasteiger partial charge in [0.15, 0.2) is 11.5 Å². The standard InChI is InChI=1S/C19H22N6O4.ClH/c1-3-24-18(26)22-25(19(24)27)8-12(2)6-14-10-23(17(20)21-14)9-13-4-5-15-16(7-13)29-11-28-15;/h4-7,10H,3,8-9,11H2,1-2H3,(H3,20,21,22,26);1H/b12-6-;. The first-order valence-corrected chi connectivity index (χ1v) is 9.28. The van der Waals surface area contributed by atoms with Gasteiger partial charge in [0.25, 0.3) is 0 Å². The number of anilines is 1. The van der Waals surface area contributed by atoms with Crippen LogP contribution in [0.15, 0.2) is 39.6 Å². The van der Waals surface area contributed by atoms with Crippen molar-refractivity contribution >= 4 is 12.0 Å². The monoisotopic (exact) mass is 434 g/mol. The normalized spacial score (nSPS) is 12.8. The predicted molar refractivity (Wildman–Crippen MR) is 106 cm³/mol. The molecule has 1 aliphatic rings. The molecule has 4 N–H and O–H groups in total. The van der Waals surface area contributed by atoms with Gasteiger partial charge in [0.2, 0.25) is 6.79 Å². The molecule has 0 saturated carbocycles. The topological polar surface area (TPSA) is 124 Å². The number of aromatic nitrogens is 5. The van der Waals surface area contributed by atoms with Crippen molar-refractivity contribution in [2.75, 3.05) is 12.5 Å². The minimum absolute atomic E-state index is 0. The summed E-state index contributed by atoms with van der Waals surface area (Å²) < 4.78 is 15.1. The number of allylic oxidation sites excluding steroid dienone is 1. The van der Waals surface area contributed by atoms with Gasteiger partial charge in [0.1, 0.15) is 11.9 Å². The van der Waals surface area contributed by atoms with E-state index in [9.17, 15) is 9.59 Å². The Kier molecular flexibility index (Phi) is 6.06. The average molecular weight is 435 g/mol. The predicted octanol–water partition coefficient (Wildman–Crippen LogP) is -2.56. The highest BCUT2D eigenvalue weighted by atomic mass is 35.5. The third-order valence-electron chi connectivity index (χ3n) is 4.73. The summed E-state index contributed by atoms with van der Waals surface area (Å²) in [6.07, 6.45) is 3.78. The SMILES string of the molecule is CCn1c(=O)[nH]n(C/C(C)=C\c2c[n+](Cc3ccc4c(c3)OCO4)c(N)[nH]2)c1=O.[Cl-]. The van der Waals surface area contributed by atoms with Gasteiger partial charge in [-0.25, -0.2) is 33.5 Å². The highest BCUT2D eigenvalue weighted by Gasteiger charge is 2.16. The maximum atomic E-state index is 12.2. The summed E-state index contributed by atoms with van der Waals surface area (Å²) in [4.78, 5) is 27.0. The lowest BCUT2D eigenvalue weighted by Crippen LogP contribution is -3.00. The van der Waals surface area contributed by atoms with Crippen molar-refractivity contribution in [3.63, 3.8) is 0 Å². The van der Waals surface area contributed by atoms with Gasteiger partial charge in [-0.2, -0.15) is 0 Å². The molecule has 0 radical (unpaired) electrons. The number of nitrogens with one attached hydrogen (secondary N) is 2. The van der Waals surface area contributed by atoms with E-state index in [-0.39, 0.29) is 31.4 Å². The average Bonchev–Trinajstić information content (AvgIpc) is 3.34. The van der Waals surface area contributed by atoms with E-state index in [0.717, 1.165) is 32.9 Å². The molecular weight excluding hydrogens is 412 g/mol. The van der Waals surface area contributed by atoms with E-state index in [2.05, 4.69) is 10.1 Å². The Balaban J connectivity index is 0.00000256. The Morgan fingerprint density at radius 2 is 2.07 bits per heavy atom. The number of nitrogens with zero attached hydrogens (tertiary/aromatic N) is 3. The fraction of sp³-hybridized carbons (Fsp3) is 0.316. The second-order valence-corrected chi connectivity index (χ2v) is 6.93. The number of hydrogen-bond donors (Lipinski definition) is 3. The summed E-state index contributed by atoms with van der Waals surface area (Å²) >= 11 is 0. The number of rotatable bonds is 6. The highest BCUT2D eigenvalue weighted by molar-refractivity contribution is 5.48. The highest BCUT2D eigenvalue weighted by Crippen LogP contribution is 2.32. The molecule has 0 bridgehead atoms. The molecule has 0 spiro atoms. The molecule has 2 aromatic heterocycles. The Bertz CT molecular complexity index is 1200. The third-order valence-corrected chi connectivity index (χ3v) is 4.73. The first-order chi connectivity index (χ1) is 13.9. The number of H-pyrrole nitrogens is 2. The summed E-state index contributed by atoms with van der Waals surface area (Å²) in [6.45, 7) is 5.05. The zero-order chi connectivity index (χ0) is 20.5. The molecule has 0 fully saturated rings. The maximum absolute atomic E-state index is 12.2. The van der Waals surface area contributed by atoms with Crippen LogP contribution in [0.25, 0.3) is 6.08 Å². The van der Waals surface area contributed by atoms with E-state index in [1.165, 1.54) is 4.68 Å². The van der Waals surface area contributed by atoms with Crippen molar-refractivity contribution in [1.82, 2.24) is 19.3 Å². The van der Waals surface area contributed by atoms with Gasteiger partial charge in [0.05, 0.1) is 13.1 Å². The van der Waals surface area contributed by atoms with E-state index in [0.29, 0.717) is 19.0 Å². The quantitative estimate of drug-likeness (QED) is 0.368. The Hall–Kier alpha value is -3.40. The van der Waals surface area contributed by atoms with E-state index >= 15 is 0 Å². The molecule has 11 heteroatoms. The van der Waals surface area contributed by atoms with Crippen molar-refractivity contribution in [2.24, 2.45) is 0 Å². The van der Waals surface area contributed by atoms with Gasteiger partial charge >= 0.3 is 17.3 Å². The molecule has 1 aliphatic heterocycles. The van der Waals surface area contributed by atoms with Gasteiger partial charge in [0, 0.05) is 6.54 Å². The smallest absolute Gasteiger partial charge is 0.353 e. The summed E-state index contributed by atoms with van der Waals surface area (Å²) in [5, 5.41) is 2.56. The summed E-state index contributed by atoms with van der Waals surface area (Å²) in [5.41, 5.74) is 8.06. The Morgan fingerprint density at radius 3 is 2.80 bits per heavy atom. The molecule has 3 heterocycles. The second kappa shape index (κ2) is 8.54. The number of nitrogens with two attached hydrogens (primary N) is 1. The Labute approximate surface area is 177 Å². The van der Waals surface area contributed by atoms with E-state index in [1.54, 1.807) is 6.92 Å². The molecule has 160 valence electrons. The van der Waals surface area contributed by atoms with Gasteiger partial charge in [-0.05, 0) is 43.2 Å². The first-order valence-electron chi connectivity index (χ1n) is 9.28. The molecule has 30 heavy (non-hydrogen) atoms. The third kappa shape index (κ3) is 4.13. The van der Waals surface area contributed by atoms with Crippen molar-refractivity contribution in [1.29, 1.82) is 0 Å². The number of benzene rings is 1. The van der Waals surface area contributed by atoms with Gasteiger partial charge in [-0.1, -0.05) is 6.07 Å². The van der Waals surface area contributed by atoms with E-state index < -0.39 is 5.69 Å². The van der Waals surface area contributed by atoms with Crippen LogP contribution in [0.1, 0.15) is 25.1 Å². The minimum Gasteiger partial charge on any atom is -1.00 e. The van der Waals surface area contributed by atoms with Crippen molar-refractivity contribution in [3.8, 4) is 11.5 Å². The minimum atomic E-state index is -0.406. The fourth-order valence-corrected chi connectivity index (χ4v) is 3.33. The van der Waals surface area contributed by atoms with Crippen LogP contribution in [0.3, 0.4) is 0 Å². The van der Waals surface area contributed by atoms with Crippen LogP contribution < -0.4 is 43.6 Å². The zero-order valence-corrected chi connectivity index (χ0v) is 17.4. The van der Waals surface area contributed by atoms with Crippen LogP contribution in [0.5, 0.6) is 11.5 Å². The molecule has 0 saturated heterocycles. The molecule has 3 aromatic rings. The van der Waals surface area contributed by atoms with Gasteiger partial charge < -0.3 is 21.9 Å². The van der Waals surface area contributed by atoms with Crippen LogP contribution in [0.2, 0.25) is 0 Å². The number of hydrogen-bond acceptors (Lipinski definition) is 5. The molecule has 4 rings (SSSR count). The van der Waals surface area contributed by atoms with Gasteiger partial charge in [-0.3, -0.25) is 5.73 Å². The van der Waals surface area contributed by atoms with Crippen molar-refractivity contribution in [3.05, 3.63) is 62.2 Å². The van der Waals surface area contributed by atoms with E-state index in [4.69, 9.17) is 15.2 Å². The van der Waals surface area contributed by atoms with E-state index in [1.807, 2.05) is 42.0 Å². The molecule has 10 nitrogen and oxygen atoms in total. The summed E-state index contributed by atoms with van der Waals surface area (Å²) in [7, 11) is 0. The number of fused-ring (bicyclic) bond motifs is 1. The second-order valence-electron chi connectivity index (χ2n) is 6.93. The number of aromatic amines is 2. The molecule has 1 aromatic carbocycles. The van der Waals surface area contributed by atoms with Crippen LogP contribution in [0, 0.1) is 0 Å². The maximum Gasteiger partial charge on any atom is 0.353 e.